The summed E-state index contributed by atoms with van der Waals surface area (Å²) in [4.78, 5) is 0. The number of ether oxygens (including phenoxy) is 1. The smallest absolute Gasteiger partial charge is 0.326 e. The first kappa shape index (κ1) is 11.6. The third-order valence-corrected chi connectivity index (χ3v) is 2.24. The van der Waals surface area contributed by atoms with Crippen LogP contribution in [0.4, 0.5) is 8.78 Å². The summed E-state index contributed by atoms with van der Waals surface area (Å²) in [5.74, 6) is -3.41. The highest BCUT2D eigenvalue weighted by Crippen LogP contribution is 2.38. The summed E-state index contributed by atoms with van der Waals surface area (Å²) in [6, 6.07) is 0. The van der Waals surface area contributed by atoms with Crippen molar-refractivity contribution < 1.29 is 27.7 Å². The van der Waals surface area contributed by atoms with Crippen molar-refractivity contribution in [2.45, 2.75) is 24.4 Å². The Morgan fingerprint density at radius 1 is 1.46 bits per heavy atom. The van der Waals surface area contributed by atoms with Gasteiger partial charge in [-0.2, -0.15) is 8.78 Å². The van der Waals surface area contributed by atoms with E-state index in [0.29, 0.717) is 0 Å². The van der Waals surface area contributed by atoms with Gasteiger partial charge in [0.2, 0.25) is 6.29 Å². The van der Waals surface area contributed by atoms with Gasteiger partial charge in [-0.1, -0.05) is 0 Å². The first-order chi connectivity index (χ1) is 6.04. The molecule has 1 aliphatic rings. The minimum absolute atomic E-state index is 0.0869. The molecule has 0 aromatic heterocycles. The average Bonchev–Trinajstić information content (AvgIpc) is 2.24. The molecule has 0 radical (unpaired) electrons. The molecule has 1 N–H and O–H groups in total. The lowest BCUT2D eigenvalue weighted by Gasteiger charge is -2.19. The molecular formula is C5H10F2O4P2. The molecular weight excluding hydrogens is 224 g/mol. The molecule has 1 rings (SSSR count). The normalized spacial score (nSPS) is 38.1. The van der Waals surface area contributed by atoms with E-state index in [1.54, 1.807) is 9.47 Å². The van der Waals surface area contributed by atoms with Gasteiger partial charge in [-0.3, -0.25) is 0 Å². The number of hydrogen-bond acceptors (Lipinski definition) is 4. The Bertz CT molecular complexity index is 182. The Morgan fingerprint density at radius 3 is 2.54 bits per heavy atom. The molecule has 1 saturated heterocycles. The van der Waals surface area contributed by atoms with Crippen LogP contribution in [0.25, 0.3) is 0 Å². The van der Waals surface area contributed by atoms with Crippen LogP contribution in [0.2, 0.25) is 0 Å². The number of halogens is 2. The fourth-order valence-electron chi connectivity index (χ4n) is 1.12. The van der Waals surface area contributed by atoms with Crippen LogP contribution in [0.15, 0.2) is 0 Å². The highest BCUT2D eigenvalue weighted by atomic mass is 31.0. The number of hydrogen-bond donors (Lipinski definition) is 1. The molecule has 0 aromatic rings. The van der Waals surface area contributed by atoms with E-state index in [4.69, 9.17) is 5.11 Å². The SMILES string of the molecule is OC1OC(COP)C(OP)C1(F)F. The first-order valence-corrected chi connectivity index (χ1v) is 4.37. The monoisotopic (exact) mass is 234 g/mol. The summed E-state index contributed by atoms with van der Waals surface area (Å²) in [5.41, 5.74) is 0. The molecule has 0 aliphatic carbocycles. The molecule has 1 fully saturated rings. The fraction of sp³-hybridized carbons (Fsp3) is 1.00. The van der Waals surface area contributed by atoms with E-state index in [2.05, 4.69) is 13.8 Å². The number of rotatable bonds is 3. The Hall–Kier alpha value is 0.560. The second kappa shape index (κ2) is 4.39. The Labute approximate surface area is 78.5 Å². The minimum Gasteiger partial charge on any atom is -0.363 e. The zero-order chi connectivity index (χ0) is 10.1. The van der Waals surface area contributed by atoms with Crippen LogP contribution in [-0.2, 0) is 13.8 Å². The van der Waals surface area contributed by atoms with Crippen molar-refractivity contribution in [2.24, 2.45) is 0 Å². The standard InChI is InChI=1S/C5H10F2O4P2/c6-5(7)3(11-13)2(1-9-12)10-4(5)8/h2-4,8H,1,12-13H2. The van der Waals surface area contributed by atoms with Gasteiger partial charge in [0, 0.05) is 18.9 Å². The maximum Gasteiger partial charge on any atom is 0.326 e. The first-order valence-electron chi connectivity index (χ1n) is 3.42. The third kappa shape index (κ3) is 2.14. The van der Waals surface area contributed by atoms with Gasteiger partial charge in [0.15, 0.2) is 6.10 Å². The summed E-state index contributed by atoms with van der Waals surface area (Å²) in [5, 5.41) is 8.83. The van der Waals surface area contributed by atoms with Crippen molar-refractivity contribution in [3.8, 4) is 0 Å². The lowest BCUT2D eigenvalue weighted by atomic mass is 10.1. The molecule has 0 spiro atoms. The average molecular weight is 234 g/mol. The van der Waals surface area contributed by atoms with E-state index in [1.165, 1.54) is 0 Å². The molecule has 1 aliphatic heterocycles. The van der Waals surface area contributed by atoms with Crippen molar-refractivity contribution >= 4 is 18.9 Å². The van der Waals surface area contributed by atoms with Crippen molar-refractivity contribution in [3.05, 3.63) is 0 Å². The van der Waals surface area contributed by atoms with Gasteiger partial charge < -0.3 is 18.9 Å². The summed E-state index contributed by atoms with van der Waals surface area (Å²) >= 11 is 0. The molecule has 5 atom stereocenters. The highest BCUT2D eigenvalue weighted by molar-refractivity contribution is 7.10. The predicted octanol–water partition coefficient (Wildman–Crippen LogP) is 0.321. The summed E-state index contributed by atoms with van der Waals surface area (Å²) < 4.78 is 39.6. The molecule has 0 bridgehead atoms. The molecule has 0 saturated carbocycles. The van der Waals surface area contributed by atoms with Crippen LogP contribution in [0.3, 0.4) is 0 Å². The van der Waals surface area contributed by atoms with Gasteiger partial charge in [-0.25, -0.2) is 0 Å². The van der Waals surface area contributed by atoms with Crippen molar-refractivity contribution in [3.63, 3.8) is 0 Å². The lowest BCUT2D eigenvalue weighted by molar-refractivity contribution is -0.196. The van der Waals surface area contributed by atoms with Gasteiger partial charge in [0.25, 0.3) is 0 Å². The molecule has 4 nitrogen and oxygen atoms in total. The van der Waals surface area contributed by atoms with Gasteiger partial charge in [-0.15, -0.1) is 0 Å². The Balaban J connectivity index is 2.70. The lowest BCUT2D eigenvalue weighted by Crippen LogP contribution is -2.41. The highest BCUT2D eigenvalue weighted by Gasteiger charge is 2.59. The van der Waals surface area contributed by atoms with E-state index in [1.807, 2.05) is 9.47 Å². The summed E-state index contributed by atoms with van der Waals surface area (Å²) in [6.07, 6.45) is -4.61. The van der Waals surface area contributed by atoms with E-state index in [9.17, 15) is 8.78 Å². The number of aliphatic hydroxyl groups excluding tert-OH is 1. The molecule has 0 amide bonds. The van der Waals surface area contributed by atoms with Crippen molar-refractivity contribution in [1.82, 2.24) is 0 Å². The molecule has 0 aromatic carbocycles. The van der Waals surface area contributed by atoms with Crippen LogP contribution in [0.5, 0.6) is 0 Å². The van der Waals surface area contributed by atoms with Crippen LogP contribution in [0.1, 0.15) is 0 Å². The maximum absolute atomic E-state index is 13.0. The second-order valence-corrected chi connectivity index (χ2v) is 3.20. The third-order valence-electron chi connectivity index (χ3n) is 1.76. The molecule has 13 heavy (non-hydrogen) atoms. The number of aliphatic hydroxyl groups is 1. The second-order valence-electron chi connectivity index (χ2n) is 2.59. The van der Waals surface area contributed by atoms with Gasteiger partial charge in [0.05, 0.1) is 6.61 Å². The van der Waals surface area contributed by atoms with Crippen molar-refractivity contribution in [1.29, 1.82) is 0 Å². The zero-order valence-electron chi connectivity index (χ0n) is 6.52. The van der Waals surface area contributed by atoms with Gasteiger partial charge >= 0.3 is 5.92 Å². The van der Waals surface area contributed by atoms with Crippen LogP contribution in [0, 0.1) is 0 Å². The number of alkyl halides is 2. The van der Waals surface area contributed by atoms with E-state index < -0.39 is 24.4 Å². The molecule has 8 heteroatoms. The minimum atomic E-state index is -3.41. The zero-order valence-corrected chi connectivity index (χ0v) is 8.83. The summed E-state index contributed by atoms with van der Waals surface area (Å²) in [6.45, 7) is -0.0869. The largest absolute Gasteiger partial charge is 0.363 e. The van der Waals surface area contributed by atoms with Crippen LogP contribution < -0.4 is 0 Å². The van der Waals surface area contributed by atoms with Crippen LogP contribution >= 0.6 is 18.9 Å². The topological polar surface area (TPSA) is 47.9 Å². The summed E-state index contributed by atoms with van der Waals surface area (Å²) in [7, 11) is 3.63. The van der Waals surface area contributed by atoms with E-state index in [0.717, 1.165) is 0 Å². The molecule has 1 heterocycles. The quantitative estimate of drug-likeness (QED) is 0.714. The van der Waals surface area contributed by atoms with E-state index >= 15 is 0 Å². The molecule has 5 unspecified atom stereocenters. The maximum atomic E-state index is 13.0. The van der Waals surface area contributed by atoms with Gasteiger partial charge in [0.1, 0.15) is 6.10 Å². The van der Waals surface area contributed by atoms with Gasteiger partial charge in [-0.05, 0) is 0 Å². The van der Waals surface area contributed by atoms with E-state index in [-0.39, 0.29) is 6.61 Å². The molecule has 78 valence electrons. The Kier molecular flexibility index (Phi) is 3.93. The van der Waals surface area contributed by atoms with Crippen LogP contribution in [-0.4, -0.2) is 36.1 Å². The Morgan fingerprint density at radius 2 is 2.08 bits per heavy atom. The fourth-order valence-corrected chi connectivity index (χ4v) is 1.66. The van der Waals surface area contributed by atoms with Crippen molar-refractivity contribution in [2.75, 3.05) is 6.61 Å². The predicted molar refractivity (Wildman–Crippen MR) is 46.1 cm³/mol.